The van der Waals surface area contributed by atoms with Gasteiger partial charge in [-0.2, -0.15) is 0 Å². The first-order valence-corrected chi connectivity index (χ1v) is 6.77. The van der Waals surface area contributed by atoms with Gasteiger partial charge in [-0.15, -0.1) is 0 Å². The lowest BCUT2D eigenvalue weighted by Crippen LogP contribution is -2.13. The van der Waals surface area contributed by atoms with E-state index in [2.05, 4.69) is 5.32 Å². The first-order chi connectivity index (χ1) is 10.1. The van der Waals surface area contributed by atoms with E-state index in [1.54, 1.807) is 6.07 Å². The van der Waals surface area contributed by atoms with Gasteiger partial charge in [0.05, 0.1) is 0 Å². The van der Waals surface area contributed by atoms with Crippen molar-refractivity contribution in [1.82, 2.24) is 5.32 Å². The highest BCUT2D eigenvalue weighted by Gasteiger charge is 2.10. The summed E-state index contributed by atoms with van der Waals surface area (Å²) in [5.41, 5.74) is 2.66. The number of para-hydroxylation sites is 1. The standard InChI is InChI=1S/C17H15F2NO/c1-11-14(13-4-2-3-5-17(13)21-11)10-20-9-12-6-7-15(18)16(19)8-12/h2-8,20H,9-10H2,1H3. The number of hydrogen-bond acceptors (Lipinski definition) is 2. The zero-order valence-corrected chi connectivity index (χ0v) is 11.6. The minimum absolute atomic E-state index is 0.468. The van der Waals surface area contributed by atoms with Crippen LogP contribution in [0.3, 0.4) is 0 Å². The summed E-state index contributed by atoms with van der Waals surface area (Å²) >= 11 is 0. The van der Waals surface area contributed by atoms with Crippen molar-refractivity contribution in [3.63, 3.8) is 0 Å². The molecule has 0 radical (unpaired) electrons. The average molecular weight is 287 g/mol. The fourth-order valence-electron chi connectivity index (χ4n) is 2.42. The maximum Gasteiger partial charge on any atom is 0.159 e. The number of rotatable bonds is 4. The van der Waals surface area contributed by atoms with Crippen molar-refractivity contribution in [1.29, 1.82) is 0 Å². The summed E-state index contributed by atoms with van der Waals surface area (Å²) in [4.78, 5) is 0. The fraction of sp³-hybridized carbons (Fsp3) is 0.176. The molecule has 1 heterocycles. The molecule has 0 bridgehead atoms. The number of halogens is 2. The average Bonchev–Trinajstić information content (AvgIpc) is 2.79. The molecule has 0 amide bonds. The number of hydrogen-bond donors (Lipinski definition) is 1. The molecule has 3 rings (SSSR count). The lowest BCUT2D eigenvalue weighted by Gasteiger charge is -2.05. The van der Waals surface area contributed by atoms with Crippen LogP contribution < -0.4 is 5.32 Å². The maximum atomic E-state index is 13.1. The number of furan rings is 1. The molecule has 0 unspecified atom stereocenters. The molecular weight excluding hydrogens is 272 g/mol. The SMILES string of the molecule is Cc1oc2ccccc2c1CNCc1ccc(F)c(F)c1. The van der Waals surface area contributed by atoms with Crippen molar-refractivity contribution in [3.8, 4) is 0 Å². The first-order valence-electron chi connectivity index (χ1n) is 6.77. The Morgan fingerprint density at radius 1 is 1.00 bits per heavy atom. The molecule has 0 saturated carbocycles. The monoisotopic (exact) mass is 287 g/mol. The Bertz CT molecular complexity index is 780. The Labute approximate surface area is 121 Å². The third-order valence-corrected chi connectivity index (χ3v) is 3.52. The number of nitrogens with one attached hydrogen (secondary N) is 1. The van der Waals surface area contributed by atoms with Crippen molar-refractivity contribution in [3.05, 3.63) is 71.0 Å². The molecule has 3 aromatic rings. The molecule has 0 atom stereocenters. The van der Waals surface area contributed by atoms with Crippen molar-refractivity contribution in [2.45, 2.75) is 20.0 Å². The summed E-state index contributed by atoms with van der Waals surface area (Å²) in [5.74, 6) is -0.774. The molecule has 0 spiro atoms. The zero-order valence-electron chi connectivity index (χ0n) is 11.6. The minimum atomic E-state index is -0.824. The molecule has 21 heavy (non-hydrogen) atoms. The van der Waals surface area contributed by atoms with E-state index >= 15 is 0 Å². The second kappa shape index (κ2) is 5.66. The van der Waals surface area contributed by atoms with E-state index < -0.39 is 11.6 Å². The van der Waals surface area contributed by atoms with Crippen molar-refractivity contribution < 1.29 is 13.2 Å². The minimum Gasteiger partial charge on any atom is -0.461 e. The molecular formula is C17H15F2NO. The molecule has 0 saturated heterocycles. The van der Waals surface area contributed by atoms with Crippen LogP contribution in [0.4, 0.5) is 8.78 Å². The maximum absolute atomic E-state index is 13.1. The van der Waals surface area contributed by atoms with Gasteiger partial charge >= 0.3 is 0 Å². The highest BCUT2D eigenvalue weighted by Crippen LogP contribution is 2.25. The Morgan fingerprint density at radius 3 is 2.62 bits per heavy atom. The predicted octanol–water partition coefficient (Wildman–Crippen LogP) is 4.31. The van der Waals surface area contributed by atoms with E-state index in [-0.39, 0.29) is 0 Å². The van der Waals surface area contributed by atoms with E-state index in [0.717, 1.165) is 28.4 Å². The summed E-state index contributed by atoms with van der Waals surface area (Å²) < 4.78 is 31.7. The Kier molecular flexibility index (Phi) is 3.71. The van der Waals surface area contributed by atoms with Crippen LogP contribution in [0.2, 0.25) is 0 Å². The van der Waals surface area contributed by atoms with Gasteiger partial charge in [0.1, 0.15) is 11.3 Å². The highest BCUT2D eigenvalue weighted by molar-refractivity contribution is 5.82. The van der Waals surface area contributed by atoms with E-state index in [4.69, 9.17) is 4.42 Å². The Hall–Kier alpha value is -2.20. The number of fused-ring (bicyclic) bond motifs is 1. The van der Waals surface area contributed by atoms with Gasteiger partial charge < -0.3 is 9.73 Å². The van der Waals surface area contributed by atoms with E-state index in [9.17, 15) is 8.78 Å². The highest BCUT2D eigenvalue weighted by atomic mass is 19.2. The van der Waals surface area contributed by atoms with Crippen LogP contribution >= 0.6 is 0 Å². The topological polar surface area (TPSA) is 25.2 Å². The molecule has 2 aromatic carbocycles. The van der Waals surface area contributed by atoms with Crippen LogP contribution in [0.25, 0.3) is 11.0 Å². The van der Waals surface area contributed by atoms with Crippen LogP contribution in [-0.2, 0) is 13.1 Å². The lowest BCUT2D eigenvalue weighted by molar-refractivity contribution is 0.506. The predicted molar refractivity (Wildman–Crippen MR) is 77.9 cm³/mol. The molecule has 108 valence electrons. The molecule has 2 nitrogen and oxygen atoms in total. The van der Waals surface area contributed by atoms with Gasteiger partial charge in [0.2, 0.25) is 0 Å². The fourth-order valence-corrected chi connectivity index (χ4v) is 2.42. The van der Waals surface area contributed by atoms with Gasteiger partial charge in [0, 0.05) is 24.0 Å². The van der Waals surface area contributed by atoms with Crippen LogP contribution in [0.1, 0.15) is 16.9 Å². The molecule has 0 fully saturated rings. The zero-order chi connectivity index (χ0) is 14.8. The molecule has 4 heteroatoms. The van der Waals surface area contributed by atoms with Crippen molar-refractivity contribution >= 4 is 11.0 Å². The van der Waals surface area contributed by atoms with Gasteiger partial charge in [0.25, 0.3) is 0 Å². The summed E-state index contributed by atoms with van der Waals surface area (Å²) in [6.07, 6.45) is 0. The third kappa shape index (κ3) is 2.81. The van der Waals surface area contributed by atoms with Crippen molar-refractivity contribution in [2.75, 3.05) is 0 Å². The Balaban J connectivity index is 1.72. The van der Waals surface area contributed by atoms with E-state index in [1.165, 1.54) is 6.07 Å². The van der Waals surface area contributed by atoms with Gasteiger partial charge in [0.15, 0.2) is 11.6 Å². The second-order valence-corrected chi connectivity index (χ2v) is 4.98. The van der Waals surface area contributed by atoms with Crippen LogP contribution in [-0.4, -0.2) is 0 Å². The van der Waals surface area contributed by atoms with Crippen LogP contribution in [0.5, 0.6) is 0 Å². The Morgan fingerprint density at radius 2 is 1.81 bits per heavy atom. The third-order valence-electron chi connectivity index (χ3n) is 3.52. The van der Waals surface area contributed by atoms with Crippen LogP contribution in [0.15, 0.2) is 46.9 Å². The van der Waals surface area contributed by atoms with E-state index in [0.29, 0.717) is 18.7 Å². The normalized spacial score (nSPS) is 11.2. The van der Waals surface area contributed by atoms with E-state index in [1.807, 2.05) is 31.2 Å². The molecule has 0 aliphatic rings. The smallest absolute Gasteiger partial charge is 0.159 e. The van der Waals surface area contributed by atoms with Gasteiger partial charge in [-0.05, 0) is 30.7 Å². The molecule has 1 N–H and O–H groups in total. The first kappa shape index (κ1) is 13.8. The summed E-state index contributed by atoms with van der Waals surface area (Å²) in [6, 6.07) is 11.8. The van der Waals surface area contributed by atoms with Gasteiger partial charge in [-0.25, -0.2) is 8.78 Å². The second-order valence-electron chi connectivity index (χ2n) is 4.98. The molecule has 0 aliphatic carbocycles. The lowest BCUT2D eigenvalue weighted by atomic mass is 10.1. The molecule has 1 aromatic heterocycles. The van der Waals surface area contributed by atoms with Gasteiger partial charge in [-0.1, -0.05) is 24.3 Å². The summed E-state index contributed by atoms with van der Waals surface area (Å²) in [6.45, 7) is 3.01. The largest absolute Gasteiger partial charge is 0.461 e. The van der Waals surface area contributed by atoms with Gasteiger partial charge in [-0.3, -0.25) is 0 Å². The summed E-state index contributed by atoms with van der Waals surface area (Å²) in [5, 5.41) is 4.31. The molecule has 0 aliphatic heterocycles. The van der Waals surface area contributed by atoms with Crippen molar-refractivity contribution in [2.24, 2.45) is 0 Å². The summed E-state index contributed by atoms with van der Waals surface area (Å²) in [7, 11) is 0. The quantitative estimate of drug-likeness (QED) is 0.773. The number of aryl methyl sites for hydroxylation is 1. The number of benzene rings is 2. The van der Waals surface area contributed by atoms with Crippen LogP contribution in [0, 0.1) is 18.6 Å².